The fraction of sp³-hybridized carbons (Fsp3) is 0.478. The summed E-state index contributed by atoms with van der Waals surface area (Å²) in [4.78, 5) is 21.3. The number of pyridine rings is 1. The third-order valence-electron chi connectivity index (χ3n) is 6.63. The van der Waals surface area contributed by atoms with Crippen LogP contribution in [-0.2, 0) is 11.2 Å². The second-order valence-corrected chi connectivity index (χ2v) is 8.15. The summed E-state index contributed by atoms with van der Waals surface area (Å²) in [6.45, 7) is 2.90. The molecule has 2 fully saturated rings. The first kappa shape index (κ1) is 18.2. The van der Waals surface area contributed by atoms with E-state index in [-0.39, 0.29) is 5.54 Å². The molecule has 0 aliphatic carbocycles. The van der Waals surface area contributed by atoms with Crippen molar-refractivity contribution in [3.8, 4) is 0 Å². The molecule has 4 nitrogen and oxygen atoms in total. The Bertz CT molecular complexity index is 754. The lowest BCUT2D eigenvalue weighted by molar-refractivity contribution is -0.133. The number of carbonyl (C=O) groups is 1. The Morgan fingerprint density at radius 3 is 2.52 bits per heavy atom. The van der Waals surface area contributed by atoms with Gasteiger partial charge in [-0.1, -0.05) is 30.3 Å². The molecule has 0 saturated carbocycles. The van der Waals surface area contributed by atoms with Gasteiger partial charge in [-0.05, 0) is 61.9 Å². The van der Waals surface area contributed by atoms with E-state index in [0.29, 0.717) is 18.2 Å². The lowest BCUT2D eigenvalue weighted by atomic mass is 9.81. The highest BCUT2D eigenvalue weighted by Crippen LogP contribution is 2.43. The Labute approximate surface area is 162 Å². The molecule has 0 unspecified atom stereocenters. The lowest BCUT2D eigenvalue weighted by Crippen LogP contribution is -2.52. The van der Waals surface area contributed by atoms with E-state index in [1.807, 2.05) is 12.1 Å². The van der Waals surface area contributed by atoms with Gasteiger partial charge in [-0.3, -0.25) is 14.7 Å². The van der Waals surface area contributed by atoms with Crippen molar-refractivity contribution in [2.75, 3.05) is 26.7 Å². The van der Waals surface area contributed by atoms with Crippen LogP contribution in [0, 0.1) is 0 Å². The number of amides is 1. The monoisotopic (exact) mass is 363 g/mol. The summed E-state index contributed by atoms with van der Waals surface area (Å²) in [6, 6.07) is 14.9. The average Bonchev–Trinajstić information content (AvgIpc) is 3.04. The van der Waals surface area contributed by atoms with Gasteiger partial charge in [0.1, 0.15) is 0 Å². The molecule has 1 aromatic carbocycles. The molecular formula is C23H29N3O. The maximum Gasteiger partial charge on any atom is 0.222 e. The zero-order valence-electron chi connectivity index (χ0n) is 16.2. The van der Waals surface area contributed by atoms with Gasteiger partial charge in [-0.25, -0.2) is 0 Å². The van der Waals surface area contributed by atoms with Crippen LogP contribution in [0.5, 0.6) is 0 Å². The number of hydrogen-bond donors (Lipinski definition) is 0. The molecule has 0 N–H and O–H groups in total. The summed E-state index contributed by atoms with van der Waals surface area (Å²) < 4.78 is 0. The summed E-state index contributed by atoms with van der Waals surface area (Å²) in [5.41, 5.74) is 2.91. The summed E-state index contributed by atoms with van der Waals surface area (Å²) in [5.74, 6) is 0.909. The van der Waals surface area contributed by atoms with Crippen LogP contribution in [-0.4, -0.2) is 52.9 Å². The van der Waals surface area contributed by atoms with E-state index in [0.717, 1.165) is 38.9 Å². The molecule has 142 valence electrons. The molecular weight excluding hydrogens is 334 g/mol. The molecule has 2 aliphatic rings. The van der Waals surface area contributed by atoms with Crippen molar-refractivity contribution in [3.05, 3.63) is 66.0 Å². The molecule has 2 saturated heterocycles. The molecule has 1 spiro atoms. The molecule has 2 aromatic rings. The maximum atomic E-state index is 12.6. The van der Waals surface area contributed by atoms with Crippen LogP contribution in [0.3, 0.4) is 0 Å². The van der Waals surface area contributed by atoms with E-state index in [2.05, 4.69) is 52.2 Å². The first-order chi connectivity index (χ1) is 13.2. The van der Waals surface area contributed by atoms with Gasteiger partial charge < -0.3 is 4.90 Å². The summed E-state index contributed by atoms with van der Waals surface area (Å²) in [6.07, 6.45) is 8.39. The number of aromatic nitrogens is 1. The van der Waals surface area contributed by atoms with Gasteiger partial charge in [0.2, 0.25) is 5.91 Å². The van der Waals surface area contributed by atoms with Gasteiger partial charge in [0, 0.05) is 44.0 Å². The van der Waals surface area contributed by atoms with Crippen molar-refractivity contribution < 1.29 is 4.79 Å². The van der Waals surface area contributed by atoms with E-state index in [1.54, 1.807) is 12.4 Å². The number of piperidine rings is 1. The summed E-state index contributed by atoms with van der Waals surface area (Å²) in [7, 11) is 2.27. The van der Waals surface area contributed by atoms with Crippen LogP contribution in [0.4, 0.5) is 0 Å². The fourth-order valence-corrected chi connectivity index (χ4v) is 4.87. The highest BCUT2D eigenvalue weighted by Gasteiger charge is 2.46. The standard InChI is InChI=1S/C23H29N3O/c1-25-18-21(20-5-3-2-4-6-20)17-23(25)11-15-26(16-12-23)22(27)8-7-19-9-13-24-14-10-19/h2-6,9-10,13-14,21H,7-8,11-12,15-18H2,1H3/t21-/m1/s1. The second kappa shape index (κ2) is 7.81. The highest BCUT2D eigenvalue weighted by molar-refractivity contribution is 5.76. The predicted octanol–water partition coefficient (Wildman–Crippen LogP) is 3.49. The second-order valence-electron chi connectivity index (χ2n) is 8.15. The molecule has 4 rings (SSSR count). The summed E-state index contributed by atoms with van der Waals surface area (Å²) >= 11 is 0. The average molecular weight is 364 g/mol. The molecule has 1 amide bonds. The van der Waals surface area contributed by atoms with Gasteiger partial charge in [0.25, 0.3) is 0 Å². The molecule has 3 heterocycles. The molecule has 1 aromatic heterocycles. The van der Waals surface area contributed by atoms with Crippen molar-refractivity contribution in [2.45, 2.75) is 43.6 Å². The molecule has 4 heteroatoms. The van der Waals surface area contributed by atoms with Crippen molar-refractivity contribution >= 4 is 5.91 Å². The minimum atomic E-state index is 0.266. The van der Waals surface area contributed by atoms with E-state index in [1.165, 1.54) is 17.5 Å². The molecule has 27 heavy (non-hydrogen) atoms. The number of carbonyl (C=O) groups excluding carboxylic acids is 1. The van der Waals surface area contributed by atoms with Crippen LogP contribution in [0.25, 0.3) is 0 Å². The quantitative estimate of drug-likeness (QED) is 0.834. The van der Waals surface area contributed by atoms with E-state index in [4.69, 9.17) is 0 Å². The zero-order chi connectivity index (χ0) is 18.7. The zero-order valence-corrected chi connectivity index (χ0v) is 16.2. The third kappa shape index (κ3) is 3.91. The van der Waals surface area contributed by atoms with Crippen LogP contribution in [0.2, 0.25) is 0 Å². The van der Waals surface area contributed by atoms with Gasteiger partial charge in [-0.2, -0.15) is 0 Å². The summed E-state index contributed by atoms with van der Waals surface area (Å²) in [5, 5.41) is 0. The van der Waals surface area contributed by atoms with Gasteiger partial charge in [0.15, 0.2) is 0 Å². The smallest absolute Gasteiger partial charge is 0.222 e. The van der Waals surface area contributed by atoms with E-state index in [9.17, 15) is 4.79 Å². The van der Waals surface area contributed by atoms with Crippen molar-refractivity contribution in [3.63, 3.8) is 0 Å². The Hall–Kier alpha value is -2.20. The molecule has 0 bridgehead atoms. The Morgan fingerprint density at radius 2 is 1.81 bits per heavy atom. The lowest BCUT2D eigenvalue weighted by Gasteiger charge is -2.43. The number of likely N-dealkylation sites (N-methyl/N-ethyl adjacent to an activating group) is 1. The number of benzene rings is 1. The van der Waals surface area contributed by atoms with Gasteiger partial charge in [-0.15, -0.1) is 0 Å². The predicted molar refractivity (Wildman–Crippen MR) is 108 cm³/mol. The van der Waals surface area contributed by atoms with Crippen LogP contribution >= 0.6 is 0 Å². The van der Waals surface area contributed by atoms with Crippen molar-refractivity contribution in [1.82, 2.24) is 14.8 Å². The third-order valence-corrected chi connectivity index (χ3v) is 6.63. The van der Waals surface area contributed by atoms with Crippen molar-refractivity contribution in [2.24, 2.45) is 0 Å². The minimum Gasteiger partial charge on any atom is -0.343 e. The molecule has 1 atom stereocenters. The van der Waals surface area contributed by atoms with Crippen LogP contribution in [0.15, 0.2) is 54.9 Å². The number of aryl methyl sites for hydroxylation is 1. The van der Waals surface area contributed by atoms with E-state index < -0.39 is 0 Å². The first-order valence-corrected chi connectivity index (χ1v) is 10.1. The normalized spacial score (nSPS) is 22.3. The molecule has 0 radical (unpaired) electrons. The van der Waals surface area contributed by atoms with Crippen LogP contribution < -0.4 is 0 Å². The number of likely N-dealkylation sites (tertiary alicyclic amines) is 2. The number of rotatable bonds is 4. The molecule has 2 aliphatic heterocycles. The SMILES string of the molecule is CN1C[C@H](c2ccccc2)CC12CCN(C(=O)CCc1ccncc1)CC2. The topological polar surface area (TPSA) is 36.4 Å². The largest absolute Gasteiger partial charge is 0.343 e. The minimum absolute atomic E-state index is 0.266. The number of nitrogens with zero attached hydrogens (tertiary/aromatic N) is 3. The Kier molecular flexibility index (Phi) is 5.26. The van der Waals surface area contributed by atoms with Gasteiger partial charge >= 0.3 is 0 Å². The number of hydrogen-bond acceptors (Lipinski definition) is 3. The van der Waals surface area contributed by atoms with Gasteiger partial charge in [0.05, 0.1) is 0 Å². The van der Waals surface area contributed by atoms with Crippen molar-refractivity contribution in [1.29, 1.82) is 0 Å². The highest BCUT2D eigenvalue weighted by atomic mass is 16.2. The Balaban J connectivity index is 1.32. The Morgan fingerprint density at radius 1 is 1.11 bits per heavy atom. The van der Waals surface area contributed by atoms with Crippen LogP contribution in [0.1, 0.15) is 42.7 Å². The first-order valence-electron chi connectivity index (χ1n) is 10.1. The van der Waals surface area contributed by atoms with E-state index >= 15 is 0 Å². The maximum absolute atomic E-state index is 12.6. The fourth-order valence-electron chi connectivity index (χ4n) is 4.87.